The summed E-state index contributed by atoms with van der Waals surface area (Å²) in [4.78, 5) is 37.1. The van der Waals surface area contributed by atoms with Crippen LogP contribution in [0.15, 0.2) is 48.5 Å². The van der Waals surface area contributed by atoms with Gasteiger partial charge in [0.05, 0.1) is 6.61 Å². The molecule has 2 aromatic rings. The van der Waals surface area contributed by atoms with Crippen LogP contribution in [0, 0.1) is 5.92 Å². The first-order valence-corrected chi connectivity index (χ1v) is 12.8. The van der Waals surface area contributed by atoms with Crippen molar-refractivity contribution in [1.82, 2.24) is 10.9 Å². The van der Waals surface area contributed by atoms with Gasteiger partial charge in [0.1, 0.15) is 5.75 Å². The molecule has 7 nitrogen and oxygen atoms in total. The fourth-order valence-electron chi connectivity index (χ4n) is 4.17. The molecule has 3 rings (SSSR count). The third-order valence-corrected chi connectivity index (χ3v) is 6.31. The lowest BCUT2D eigenvalue weighted by atomic mass is 9.88. The Hall–Kier alpha value is -3.35. The van der Waals surface area contributed by atoms with Gasteiger partial charge < -0.3 is 10.1 Å². The molecule has 7 heteroatoms. The number of unbranched alkanes of at least 4 members (excludes halogenated alkanes) is 4. The summed E-state index contributed by atoms with van der Waals surface area (Å²) in [5.74, 6) is -0.0280. The molecule has 1 aliphatic rings. The lowest BCUT2D eigenvalue weighted by Gasteiger charge is -2.20. The lowest BCUT2D eigenvalue weighted by Crippen LogP contribution is -2.41. The minimum atomic E-state index is -0.438. The lowest BCUT2D eigenvalue weighted by molar-refractivity contribution is -0.120. The number of ether oxygens (including phenoxy) is 1. The van der Waals surface area contributed by atoms with Gasteiger partial charge in [-0.25, -0.2) is 0 Å². The molecule has 0 aromatic heterocycles. The molecule has 1 fully saturated rings. The van der Waals surface area contributed by atoms with Crippen molar-refractivity contribution in [3.05, 3.63) is 59.7 Å². The van der Waals surface area contributed by atoms with Crippen LogP contribution in [0.25, 0.3) is 0 Å². The van der Waals surface area contributed by atoms with Gasteiger partial charge in [-0.1, -0.05) is 51.9 Å². The van der Waals surface area contributed by atoms with Gasteiger partial charge in [0.25, 0.3) is 11.8 Å². The SMILES string of the molecule is CCCCCCCOc1ccc(C(=O)NNC(=O)c2ccc(NC(=O)C3CCCCC3)cc2)cc1. The second-order valence-corrected chi connectivity index (χ2v) is 9.10. The Morgan fingerprint density at radius 3 is 1.94 bits per heavy atom. The van der Waals surface area contributed by atoms with Crippen LogP contribution >= 0.6 is 0 Å². The number of hydrogen-bond donors (Lipinski definition) is 3. The first kappa shape index (κ1) is 26.3. The molecule has 3 N–H and O–H groups in total. The molecule has 1 saturated carbocycles. The Balaban J connectivity index is 1.40. The van der Waals surface area contributed by atoms with Gasteiger partial charge in [-0.2, -0.15) is 0 Å². The highest BCUT2D eigenvalue weighted by atomic mass is 16.5. The maximum Gasteiger partial charge on any atom is 0.269 e. The molecule has 35 heavy (non-hydrogen) atoms. The Labute approximate surface area is 208 Å². The number of benzene rings is 2. The van der Waals surface area contributed by atoms with Crippen molar-refractivity contribution in [2.75, 3.05) is 11.9 Å². The largest absolute Gasteiger partial charge is 0.494 e. The molecule has 3 amide bonds. The second kappa shape index (κ2) is 14.1. The van der Waals surface area contributed by atoms with E-state index in [2.05, 4.69) is 23.1 Å². The molecule has 0 spiro atoms. The molecular weight excluding hydrogens is 442 g/mol. The summed E-state index contributed by atoms with van der Waals surface area (Å²) in [5.41, 5.74) is 6.31. The van der Waals surface area contributed by atoms with Crippen molar-refractivity contribution >= 4 is 23.4 Å². The number of carbonyl (C=O) groups excluding carboxylic acids is 3. The molecule has 0 atom stereocenters. The smallest absolute Gasteiger partial charge is 0.269 e. The molecule has 0 radical (unpaired) electrons. The van der Waals surface area contributed by atoms with Gasteiger partial charge >= 0.3 is 0 Å². The van der Waals surface area contributed by atoms with Crippen LogP contribution in [0.3, 0.4) is 0 Å². The zero-order valence-corrected chi connectivity index (χ0v) is 20.6. The molecule has 188 valence electrons. The van der Waals surface area contributed by atoms with E-state index in [0.717, 1.165) is 44.3 Å². The van der Waals surface area contributed by atoms with Crippen molar-refractivity contribution in [2.45, 2.75) is 71.1 Å². The fourth-order valence-corrected chi connectivity index (χ4v) is 4.17. The van der Waals surface area contributed by atoms with Crippen LogP contribution in [0.4, 0.5) is 5.69 Å². The summed E-state index contributed by atoms with van der Waals surface area (Å²) in [5, 5.41) is 2.93. The second-order valence-electron chi connectivity index (χ2n) is 9.10. The van der Waals surface area contributed by atoms with E-state index in [4.69, 9.17) is 4.74 Å². The van der Waals surface area contributed by atoms with E-state index in [1.807, 2.05) is 0 Å². The maximum atomic E-state index is 12.4. The Kier molecular flexibility index (Phi) is 10.6. The number of hydrogen-bond acceptors (Lipinski definition) is 4. The number of nitrogens with one attached hydrogen (secondary N) is 3. The average molecular weight is 480 g/mol. The summed E-state index contributed by atoms with van der Waals surface area (Å²) < 4.78 is 5.72. The normalized spacial score (nSPS) is 13.6. The molecular formula is C28H37N3O4. The van der Waals surface area contributed by atoms with Crippen molar-refractivity contribution in [3.63, 3.8) is 0 Å². The molecule has 0 heterocycles. The van der Waals surface area contributed by atoms with E-state index >= 15 is 0 Å². The molecule has 0 bridgehead atoms. The molecule has 1 aliphatic carbocycles. The topological polar surface area (TPSA) is 96.5 Å². The first-order chi connectivity index (χ1) is 17.1. The van der Waals surface area contributed by atoms with E-state index in [-0.39, 0.29) is 11.8 Å². The number of anilines is 1. The Bertz CT molecular complexity index is 951. The number of hydrazine groups is 1. The van der Waals surface area contributed by atoms with E-state index in [1.54, 1.807) is 48.5 Å². The quantitative estimate of drug-likeness (QED) is 0.287. The minimum Gasteiger partial charge on any atom is -0.494 e. The number of amides is 3. The maximum absolute atomic E-state index is 12.4. The van der Waals surface area contributed by atoms with E-state index in [1.165, 1.54) is 25.7 Å². The van der Waals surface area contributed by atoms with Crippen LogP contribution in [0.5, 0.6) is 5.75 Å². The van der Waals surface area contributed by atoms with Crippen LogP contribution in [0.2, 0.25) is 0 Å². The average Bonchev–Trinajstić information content (AvgIpc) is 2.90. The van der Waals surface area contributed by atoms with Crippen molar-refractivity contribution in [3.8, 4) is 5.75 Å². The van der Waals surface area contributed by atoms with Crippen LogP contribution < -0.4 is 20.9 Å². The third-order valence-electron chi connectivity index (χ3n) is 6.31. The van der Waals surface area contributed by atoms with E-state index in [9.17, 15) is 14.4 Å². The number of rotatable bonds is 11. The van der Waals surface area contributed by atoms with Gasteiger partial charge in [-0.3, -0.25) is 25.2 Å². The van der Waals surface area contributed by atoms with Gasteiger partial charge in [-0.15, -0.1) is 0 Å². The number of carbonyl (C=O) groups is 3. The van der Waals surface area contributed by atoms with Crippen LogP contribution in [-0.4, -0.2) is 24.3 Å². The fraction of sp³-hybridized carbons (Fsp3) is 0.464. The predicted octanol–water partition coefficient (Wildman–Crippen LogP) is 5.63. The van der Waals surface area contributed by atoms with Crippen LogP contribution in [-0.2, 0) is 4.79 Å². The predicted molar refractivity (Wildman–Crippen MR) is 137 cm³/mol. The third kappa shape index (κ3) is 8.74. The summed E-state index contributed by atoms with van der Waals surface area (Å²) in [7, 11) is 0. The molecule has 0 saturated heterocycles. The Morgan fingerprint density at radius 2 is 1.34 bits per heavy atom. The summed E-state index contributed by atoms with van der Waals surface area (Å²) in [6, 6.07) is 13.5. The molecule has 0 unspecified atom stereocenters. The summed E-state index contributed by atoms with van der Waals surface area (Å²) in [6.07, 6.45) is 11.1. The summed E-state index contributed by atoms with van der Waals surface area (Å²) >= 11 is 0. The van der Waals surface area contributed by atoms with Crippen molar-refractivity contribution < 1.29 is 19.1 Å². The van der Waals surface area contributed by atoms with Gasteiger partial charge in [0, 0.05) is 22.7 Å². The zero-order chi connectivity index (χ0) is 24.9. The van der Waals surface area contributed by atoms with Gasteiger partial charge in [-0.05, 0) is 67.8 Å². The molecule has 0 aliphatic heterocycles. The highest BCUT2D eigenvalue weighted by Gasteiger charge is 2.21. The standard InChI is InChI=1S/C28H37N3O4/c1-2-3-4-5-9-20-35-25-18-14-23(15-19-25)28(34)31-30-27(33)22-12-16-24(17-13-22)29-26(32)21-10-7-6-8-11-21/h12-19,21H,2-11,20H2,1H3,(H,29,32)(H,30,33)(H,31,34). The van der Waals surface area contributed by atoms with Crippen LogP contribution in [0.1, 0.15) is 91.8 Å². The minimum absolute atomic E-state index is 0.0394. The first-order valence-electron chi connectivity index (χ1n) is 12.8. The summed E-state index contributed by atoms with van der Waals surface area (Å²) in [6.45, 7) is 2.85. The highest BCUT2D eigenvalue weighted by molar-refractivity contribution is 5.99. The van der Waals surface area contributed by atoms with Crippen molar-refractivity contribution in [1.29, 1.82) is 0 Å². The molecule has 2 aromatic carbocycles. The van der Waals surface area contributed by atoms with Gasteiger partial charge in [0.2, 0.25) is 5.91 Å². The Morgan fingerprint density at radius 1 is 0.771 bits per heavy atom. The van der Waals surface area contributed by atoms with E-state index in [0.29, 0.717) is 23.4 Å². The van der Waals surface area contributed by atoms with Gasteiger partial charge in [0.15, 0.2) is 0 Å². The van der Waals surface area contributed by atoms with E-state index < -0.39 is 11.8 Å². The monoisotopic (exact) mass is 479 g/mol. The zero-order valence-electron chi connectivity index (χ0n) is 20.6. The highest BCUT2D eigenvalue weighted by Crippen LogP contribution is 2.25. The van der Waals surface area contributed by atoms with Crippen molar-refractivity contribution in [2.24, 2.45) is 5.92 Å².